The predicted molar refractivity (Wildman–Crippen MR) is 84.2 cm³/mol. The number of ketones is 1. The van der Waals surface area contributed by atoms with Crippen LogP contribution in [0, 0.1) is 0 Å². The fourth-order valence-corrected chi connectivity index (χ4v) is 2.77. The van der Waals surface area contributed by atoms with E-state index < -0.39 is 28.3 Å². The molecule has 0 fully saturated rings. The maximum Gasteiger partial charge on any atom is 0.363 e. The minimum atomic E-state index is -2.39. The van der Waals surface area contributed by atoms with E-state index in [-0.39, 0.29) is 28.2 Å². The molecule has 0 bridgehead atoms. The maximum absolute atomic E-state index is 13.0. The Kier molecular flexibility index (Phi) is 3.75. The van der Waals surface area contributed by atoms with Crippen LogP contribution in [0.15, 0.2) is 39.2 Å². The first kappa shape index (κ1) is 16.6. The lowest BCUT2D eigenvalue weighted by molar-refractivity contribution is -0.166. The van der Waals surface area contributed by atoms with Crippen LogP contribution in [0.5, 0.6) is 11.7 Å². The van der Waals surface area contributed by atoms with Crippen LogP contribution >= 0.6 is 0 Å². The summed E-state index contributed by atoms with van der Waals surface area (Å²) in [6, 6.07) is 4.19. The molecule has 8 heteroatoms. The SMILES string of the molecule is COC(=O)C1(c2c(OC)oc3cccc(O)c3c2=O)OC=C(C)C1=O. The van der Waals surface area contributed by atoms with Crippen molar-refractivity contribution >= 4 is 22.7 Å². The van der Waals surface area contributed by atoms with Crippen LogP contribution in [0.2, 0.25) is 0 Å². The molecule has 2 heterocycles. The third kappa shape index (κ3) is 2.10. The largest absolute Gasteiger partial charge is 0.507 e. The second kappa shape index (κ2) is 5.66. The van der Waals surface area contributed by atoms with E-state index in [1.165, 1.54) is 32.2 Å². The Morgan fingerprint density at radius 3 is 2.52 bits per heavy atom. The minimum Gasteiger partial charge on any atom is -0.507 e. The summed E-state index contributed by atoms with van der Waals surface area (Å²) in [4.78, 5) is 38.1. The van der Waals surface area contributed by atoms with Crippen LogP contribution in [-0.2, 0) is 24.7 Å². The monoisotopic (exact) mass is 346 g/mol. The number of hydrogen-bond acceptors (Lipinski definition) is 8. The summed E-state index contributed by atoms with van der Waals surface area (Å²) in [5, 5.41) is 9.82. The van der Waals surface area contributed by atoms with Crippen LogP contribution < -0.4 is 10.2 Å². The van der Waals surface area contributed by atoms with Crippen LogP contribution in [0.1, 0.15) is 12.5 Å². The first-order valence-corrected chi connectivity index (χ1v) is 7.19. The lowest BCUT2D eigenvalue weighted by Gasteiger charge is -2.25. The first-order valence-electron chi connectivity index (χ1n) is 7.19. The first-order chi connectivity index (χ1) is 11.9. The molecule has 0 spiro atoms. The molecule has 0 saturated heterocycles. The smallest absolute Gasteiger partial charge is 0.363 e. The highest BCUT2D eigenvalue weighted by Crippen LogP contribution is 2.41. The summed E-state index contributed by atoms with van der Waals surface area (Å²) >= 11 is 0. The van der Waals surface area contributed by atoms with E-state index in [1.807, 2.05) is 0 Å². The van der Waals surface area contributed by atoms with E-state index >= 15 is 0 Å². The molecular weight excluding hydrogens is 332 g/mol. The Labute approximate surface area is 141 Å². The number of carbonyl (C=O) groups is 2. The van der Waals surface area contributed by atoms with Gasteiger partial charge in [0.2, 0.25) is 11.2 Å². The van der Waals surface area contributed by atoms with E-state index in [2.05, 4.69) is 0 Å². The van der Waals surface area contributed by atoms with Crippen molar-refractivity contribution < 1.29 is 33.3 Å². The van der Waals surface area contributed by atoms with Gasteiger partial charge < -0.3 is 23.7 Å². The molecule has 0 radical (unpaired) electrons. The quantitative estimate of drug-likeness (QED) is 0.655. The van der Waals surface area contributed by atoms with Crippen molar-refractivity contribution in [3.8, 4) is 11.7 Å². The molecule has 2 aromatic rings. The molecule has 1 aromatic carbocycles. The van der Waals surface area contributed by atoms with E-state index in [9.17, 15) is 19.5 Å². The molecule has 130 valence electrons. The zero-order valence-corrected chi connectivity index (χ0v) is 13.6. The van der Waals surface area contributed by atoms with E-state index in [0.29, 0.717) is 0 Å². The maximum atomic E-state index is 13.0. The number of Topliss-reactive ketones (excluding diaryl/α,β-unsaturated/α-hetero) is 1. The zero-order chi connectivity index (χ0) is 18.4. The van der Waals surface area contributed by atoms with E-state index in [0.717, 1.165) is 13.4 Å². The van der Waals surface area contributed by atoms with Crippen LogP contribution in [0.4, 0.5) is 0 Å². The number of methoxy groups -OCH3 is 2. The van der Waals surface area contributed by atoms with Gasteiger partial charge in [0.05, 0.1) is 20.5 Å². The van der Waals surface area contributed by atoms with Crippen molar-refractivity contribution in [1.29, 1.82) is 0 Å². The second-order valence-corrected chi connectivity index (χ2v) is 5.37. The van der Waals surface area contributed by atoms with Crippen LogP contribution in [0.25, 0.3) is 11.0 Å². The molecule has 3 rings (SSSR count). The fraction of sp³-hybridized carbons (Fsp3) is 0.235. The molecule has 1 aliphatic heterocycles. The summed E-state index contributed by atoms with van der Waals surface area (Å²) in [5.41, 5.74) is -3.57. The third-order valence-corrected chi connectivity index (χ3v) is 3.97. The summed E-state index contributed by atoms with van der Waals surface area (Å²) in [6.07, 6.45) is 1.06. The normalized spacial score (nSPS) is 19.5. The van der Waals surface area contributed by atoms with Gasteiger partial charge in [-0.25, -0.2) is 4.79 Å². The van der Waals surface area contributed by atoms with Gasteiger partial charge in [0.25, 0.3) is 5.95 Å². The predicted octanol–water partition coefficient (Wildman–Crippen LogP) is 1.38. The molecular formula is C17H14O8. The number of aromatic hydroxyl groups is 1. The van der Waals surface area contributed by atoms with Crippen molar-refractivity contribution in [2.24, 2.45) is 0 Å². The molecule has 0 saturated carbocycles. The van der Waals surface area contributed by atoms with Crippen LogP contribution in [0.3, 0.4) is 0 Å². The highest BCUT2D eigenvalue weighted by atomic mass is 16.6. The highest BCUT2D eigenvalue weighted by Gasteiger charge is 2.58. The van der Waals surface area contributed by atoms with E-state index in [4.69, 9.17) is 18.6 Å². The van der Waals surface area contributed by atoms with Gasteiger partial charge in [-0.05, 0) is 19.1 Å². The highest BCUT2D eigenvalue weighted by molar-refractivity contribution is 6.17. The number of phenols is 1. The number of carbonyl (C=O) groups excluding carboxylic acids is 2. The zero-order valence-electron chi connectivity index (χ0n) is 13.6. The van der Waals surface area contributed by atoms with Gasteiger partial charge >= 0.3 is 11.6 Å². The van der Waals surface area contributed by atoms with Crippen molar-refractivity contribution in [1.82, 2.24) is 0 Å². The number of rotatable bonds is 3. The topological polar surface area (TPSA) is 112 Å². The van der Waals surface area contributed by atoms with Gasteiger partial charge in [-0.3, -0.25) is 9.59 Å². The number of ether oxygens (including phenoxy) is 3. The Bertz CT molecular complexity index is 984. The van der Waals surface area contributed by atoms with Gasteiger partial charge in [0, 0.05) is 5.57 Å². The summed E-state index contributed by atoms with van der Waals surface area (Å²) in [6.45, 7) is 1.43. The Hall–Kier alpha value is -3.29. The Morgan fingerprint density at radius 2 is 1.96 bits per heavy atom. The van der Waals surface area contributed by atoms with Gasteiger partial charge in [-0.15, -0.1) is 0 Å². The molecule has 1 aliphatic rings. The standard InChI is InChI=1S/C17H14O8/c1-8-7-24-17(14(8)20,16(21)23-3)12-13(19)11-9(18)5-4-6-10(11)25-15(12)22-2/h4-7,18H,1-3H3. The Morgan fingerprint density at radius 1 is 1.24 bits per heavy atom. The molecule has 0 amide bonds. The number of phenolic OH excluding ortho intramolecular Hbond substituents is 1. The summed E-state index contributed by atoms with van der Waals surface area (Å²) in [7, 11) is 2.27. The van der Waals surface area contributed by atoms with Crippen molar-refractivity contribution in [2.45, 2.75) is 12.5 Å². The minimum absolute atomic E-state index is 0.0285. The average Bonchev–Trinajstić information content (AvgIpc) is 2.90. The molecule has 1 atom stereocenters. The number of fused-ring (bicyclic) bond motifs is 1. The third-order valence-electron chi connectivity index (χ3n) is 3.97. The average molecular weight is 346 g/mol. The number of hydrogen-bond donors (Lipinski definition) is 1. The van der Waals surface area contributed by atoms with Gasteiger partial charge in [0.1, 0.15) is 22.3 Å². The molecule has 1 aromatic heterocycles. The molecule has 25 heavy (non-hydrogen) atoms. The number of benzene rings is 1. The molecule has 1 unspecified atom stereocenters. The molecule has 8 nitrogen and oxygen atoms in total. The second-order valence-electron chi connectivity index (χ2n) is 5.37. The molecule has 1 N–H and O–H groups in total. The lowest BCUT2D eigenvalue weighted by atomic mass is 9.87. The van der Waals surface area contributed by atoms with Crippen molar-refractivity contribution in [3.63, 3.8) is 0 Å². The number of esters is 1. The lowest BCUT2D eigenvalue weighted by Crippen LogP contribution is -2.47. The van der Waals surface area contributed by atoms with Gasteiger partial charge in [-0.1, -0.05) is 6.07 Å². The Balaban J connectivity index is 2.46. The summed E-state index contributed by atoms with van der Waals surface area (Å²) in [5.74, 6) is -2.64. The van der Waals surface area contributed by atoms with E-state index in [1.54, 1.807) is 0 Å². The van der Waals surface area contributed by atoms with Gasteiger partial charge in [0.15, 0.2) is 0 Å². The van der Waals surface area contributed by atoms with Gasteiger partial charge in [-0.2, -0.15) is 0 Å². The summed E-state index contributed by atoms with van der Waals surface area (Å²) < 4.78 is 20.6. The van der Waals surface area contributed by atoms with Crippen molar-refractivity contribution in [3.05, 3.63) is 45.8 Å². The van der Waals surface area contributed by atoms with Crippen LogP contribution in [-0.4, -0.2) is 31.1 Å². The van der Waals surface area contributed by atoms with Crippen molar-refractivity contribution in [2.75, 3.05) is 14.2 Å². The fourth-order valence-electron chi connectivity index (χ4n) is 2.77. The molecule has 0 aliphatic carbocycles.